The predicted octanol–water partition coefficient (Wildman–Crippen LogP) is 3.92. The lowest BCUT2D eigenvalue weighted by atomic mass is 10.2. The van der Waals surface area contributed by atoms with Gasteiger partial charge in [0.2, 0.25) is 4.73 Å². The van der Waals surface area contributed by atoms with E-state index < -0.39 is 0 Å². The van der Waals surface area contributed by atoms with Gasteiger partial charge in [0.1, 0.15) is 0 Å². The summed E-state index contributed by atoms with van der Waals surface area (Å²) < 4.78 is 6.26. The van der Waals surface area contributed by atoms with Crippen LogP contribution in [0.2, 0.25) is 5.02 Å². The third-order valence-corrected chi connectivity index (χ3v) is 2.51. The van der Waals surface area contributed by atoms with Crippen molar-refractivity contribution in [3.63, 3.8) is 0 Å². The summed E-state index contributed by atoms with van der Waals surface area (Å²) in [7, 11) is 0. The second kappa shape index (κ2) is 4.00. The molecule has 1 aromatic heterocycles. The summed E-state index contributed by atoms with van der Waals surface area (Å²) in [6, 6.07) is 5.40. The molecule has 14 heavy (non-hydrogen) atoms. The summed E-state index contributed by atoms with van der Waals surface area (Å²) in [5, 5.41) is 4.24. The van der Waals surface area contributed by atoms with Gasteiger partial charge in [-0.15, -0.1) is 0 Å². The van der Waals surface area contributed by atoms with Crippen molar-refractivity contribution in [2.24, 2.45) is 0 Å². The van der Waals surface area contributed by atoms with Crippen LogP contribution < -0.4 is 0 Å². The second-order valence-corrected chi connectivity index (χ2v) is 4.59. The van der Waals surface area contributed by atoms with Crippen LogP contribution >= 0.6 is 43.5 Å². The van der Waals surface area contributed by atoms with Crippen LogP contribution in [-0.2, 0) is 0 Å². The normalized spacial score (nSPS) is 10.5. The highest BCUT2D eigenvalue weighted by Gasteiger charge is 2.08. The number of aromatic nitrogens is 2. The maximum Gasteiger partial charge on any atom is 0.258 e. The largest absolute Gasteiger partial charge is 0.333 e. The fourth-order valence-corrected chi connectivity index (χ4v) is 2.09. The molecule has 6 heteroatoms. The molecule has 3 nitrogen and oxygen atoms in total. The molecule has 0 spiro atoms. The zero-order valence-electron chi connectivity index (χ0n) is 6.67. The van der Waals surface area contributed by atoms with E-state index in [-0.39, 0.29) is 0 Å². The van der Waals surface area contributed by atoms with Gasteiger partial charge < -0.3 is 4.52 Å². The average Bonchev–Trinajstić information content (AvgIpc) is 2.50. The number of rotatable bonds is 1. The molecular weight excluding hydrogens is 335 g/mol. The van der Waals surface area contributed by atoms with E-state index in [0.29, 0.717) is 15.6 Å². The molecule has 72 valence electrons. The summed E-state index contributed by atoms with van der Waals surface area (Å²) in [4.78, 5) is 4.02. The minimum atomic E-state index is 0.420. The molecule has 0 fully saturated rings. The molecule has 0 aliphatic carbocycles. The summed E-state index contributed by atoms with van der Waals surface area (Å²) in [5.41, 5.74) is 0.780. The van der Waals surface area contributed by atoms with Crippen LogP contribution in [0.15, 0.2) is 31.9 Å². The Bertz CT molecular complexity index is 452. The van der Waals surface area contributed by atoms with Crippen molar-refractivity contribution in [3.05, 3.63) is 32.4 Å². The van der Waals surface area contributed by atoms with Crippen LogP contribution in [0, 0.1) is 0 Å². The van der Waals surface area contributed by atoms with E-state index in [0.717, 1.165) is 10.0 Å². The molecule has 0 bridgehead atoms. The summed E-state index contributed by atoms with van der Waals surface area (Å²) in [6.07, 6.45) is 0. The van der Waals surface area contributed by atoms with Crippen LogP contribution in [-0.4, -0.2) is 10.1 Å². The Hall–Kier alpha value is -0.390. The van der Waals surface area contributed by atoms with Crippen LogP contribution in [0.5, 0.6) is 0 Å². The first kappa shape index (κ1) is 10.1. The van der Waals surface area contributed by atoms with Gasteiger partial charge in [0.15, 0.2) is 0 Å². The number of nitrogens with zero attached hydrogens (tertiary/aromatic N) is 2. The van der Waals surface area contributed by atoms with Gasteiger partial charge in [-0.2, -0.15) is 4.98 Å². The van der Waals surface area contributed by atoms with Gasteiger partial charge in [-0.3, -0.25) is 0 Å². The maximum absolute atomic E-state index is 5.88. The average molecular weight is 338 g/mol. The van der Waals surface area contributed by atoms with Gasteiger partial charge in [-0.05, 0) is 39.3 Å². The van der Waals surface area contributed by atoms with Crippen molar-refractivity contribution in [2.45, 2.75) is 0 Å². The van der Waals surface area contributed by atoms with Crippen molar-refractivity contribution in [2.75, 3.05) is 0 Å². The van der Waals surface area contributed by atoms with E-state index in [1.165, 1.54) is 0 Å². The van der Waals surface area contributed by atoms with Gasteiger partial charge in [-0.25, -0.2) is 0 Å². The fourth-order valence-electron chi connectivity index (χ4n) is 1.00. The Morgan fingerprint density at radius 3 is 2.57 bits per heavy atom. The predicted molar refractivity (Wildman–Crippen MR) is 60.1 cm³/mol. The van der Waals surface area contributed by atoms with Gasteiger partial charge >= 0.3 is 0 Å². The van der Waals surface area contributed by atoms with Crippen molar-refractivity contribution in [1.29, 1.82) is 0 Å². The first-order valence-electron chi connectivity index (χ1n) is 3.61. The lowest BCUT2D eigenvalue weighted by Crippen LogP contribution is -1.78. The minimum Gasteiger partial charge on any atom is -0.333 e. The topological polar surface area (TPSA) is 38.9 Å². The van der Waals surface area contributed by atoms with Gasteiger partial charge in [0.25, 0.3) is 5.89 Å². The van der Waals surface area contributed by atoms with Crippen molar-refractivity contribution < 1.29 is 4.52 Å². The standard InChI is InChI=1S/C8H3Br2ClN2O/c9-5-1-4(2-6(11)3-5)7-12-8(10)13-14-7/h1-3H. The molecule has 0 saturated carbocycles. The SMILES string of the molecule is Clc1cc(Br)cc(-c2nc(Br)no2)c1. The van der Waals surface area contributed by atoms with Crippen molar-refractivity contribution in [1.82, 2.24) is 10.1 Å². The fraction of sp³-hybridized carbons (Fsp3) is 0. The first-order chi connectivity index (χ1) is 6.65. The molecule has 0 amide bonds. The van der Waals surface area contributed by atoms with Crippen LogP contribution in [0.25, 0.3) is 11.5 Å². The molecule has 2 rings (SSSR count). The second-order valence-electron chi connectivity index (χ2n) is 2.53. The van der Waals surface area contributed by atoms with Crippen LogP contribution in [0.1, 0.15) is 0 Å². The van der Waals surface area contributed by atoms with E-state index in [2.05, 4.69) is 42.0 Å². The van der Waals surface area contributed by atoms with Crippen LogP contribution in [0.3, 0.4) is 0 Å². The lowest BCUT2D eigenvalue weighted by molar-refractivity contribution is 0.426. The Morgan fingerprint density at radius 2 is 2.00 bits per heavy atom. The van der Waals surface area contributed by atoms with E-state index in [1.807, 2.05) is 6.07 Å². The third kappa shape index (κ3) is 2.16. The monoisotopic (exact) mass is 336 g/mol. The Morgan fingerprint density at radius 1 is 1.21 bits per heavy atom. The summed E-state index contributed by atoms with van der Waals surface area (Å²) in [5.74, 6) is 0.431. The number of hydrogen-bond acceptors (Lipinski definition) is 3. The van der Waals surface area contributed by atoms with E-state index in [9.17, 15) is 0 Å². The molecule has 0 aliphatic rings. The smallest absolute Gasteiger partial charge is 0.258 e. The summed E-state index contributed by atoms with van der Waals surface area (Å²) >= 11 is 12.3. The van der Waals surface area contributed by atoms with Gasteiger partial charge in [0, 0.05) is 15.1 Å². The van der Waals surface area contributed by atoms with E-state index in [1.54, 1.807) is 12.1 Å². The minimum absolute atomic E-state index is 0.420. The zero-order valence-corrected chi connectivity index (χ0v) is 10.6. The summed E-state index contributed by atoms with van der Waals surface area (Å²) in [6.45, 7) is 0. The Labute approximate surface area is 102 Å². The Kier molecular flexibility index (Phi) is 2.90. The Balaban J connectivity index is 2.51. The zero-order chi connectivity index (χ0) is 10.1. The first-order valence-corrected chi connectivity index (χ1v) is 5.57. The lowest BCUT2D eigenvalue weighted by Gasteiger charge is -1.96. The quantitative estimate of drug-likeness (QED) is 0.791. The van der Waals surface area contributed by atoms with Gasteiger partial charge in [0.05, 0.1) is 0 Å². The molecule has 0 atom stereocenters. The highest BCUT2D eigenvalue weighted by molar-refractivity contribution is 9.10. The maximum atomic E-state index is 5.88. The van der Waals surface area contributed by atoms with Crippen molar-refractivity contribution >= 4 is 43.5 Å². The van der Waals surface area contributed by atoms with Gasteiger partial charge in [-0.1, -0.05) is 27.5 Å². The highest BCUT2D eigenvalue weighted by atomic mass is 79.9. The van der Waals surface area contributed by atoms with E-state index in [4.69, 9.17) is 16.1 Å². The molecule has 0 saturated heterocycles. The highest BCUT2D eigenvalue weighted by Crippen LogP contribution is 2.26. The third-order valence-electron chi connectivity index (χ3n) is 1.51. The van der Waals surface area contributed by atoms with Crippen LogP contribution in [0.4, 0.5) is 0 Å². The van der Waals surface area contributed by atoms with E-state index >= 15 is 0 Å². The molecule has 0 N–H and O–H groups in total. The number of hydrogen-bond donors (Lipinski definition) is 0. The molecule has 1 heterocycles. The molecule has 1 aromatic carbocycles. The van der Waals surface area contributed by atoms with Crippen molar-refractivity contribution in [3.8, 4) is 11.5 Å². The molecule has 0 radical (unpaired) electrons. The number of benzene rings is 1. The molecule has 2 aromatic rings. The molecule has 0 unspecified atom stereocenters. The number of halogens is 3. The molecule has 0 aliphatic heterocycles. The molecular formula is C8H3Br2ClN2O.